The second-order valence-electron chi connectivity index (χ2n) is 4.09. The van der Waals surface area contributed by atoms with Crippen LogP contribution in [0.1, 0.15) is 17.0 Å². The molecule has 2 nitrogen and oxygen atoms in total. The smallest absolute Gasteiger partial charge is 0.128 e. The van der Waals surface area contributed by atoms with Crippen molar-refractivity contribution in [2.75, 3.05) is 5.32 Å². The van der Waals surface area contributed by atoms with Gasteiger partial charge in [0.05, 0.1) is 12.2 Å². The molecule has 2 aromatic rings. The summed E-state index contributed by atoms with van der Waals surface area (Å²) in [5.41, 5.74) is 3.37. The number of hydrogen-bond acceptors (Lipinski definition) is 2. The molecule has 0 saturated heterocycles. The predicted octanol–water partition coefficient (Wildman–Crippen LogP) is 3.45. The Labute approximate surface area is 101 Å². The Kier molecular flexibility index (Phi) is 3.38. The molecule has 17 heavy (non-hydrogen) atoms. The molecule has 0 radical (unpaired) electrons. The summed E-state index contributed by atoms with van der Waals surface area (Å²) in [4.78, 5) is 4.37. The summed E-state index contributed by atoms with van der Waals surface area (Å²) < 4.78 is 13.3. The Morgan fingerprint density at radius 2 is 2.00 bits per heavy atom. The summed E-state index contributed by atoms with van der Waals surface area (Å²) in [5, 5.41) is 3.15. The number of aromatic nitrogens is 1. The van der Waals surface area contributed by atoms with Crippen LogP contribution in [0.25, 0.3) is 0 Å². The molecule has 0 aliphatic carbocycles. The molecule has 0 unspecified atom stereocenters. The lowest BCUT2D eigenvalue weighted by molar-refractivity contribution is 0.619. The topological polar surface area (TPSA) is 24.9 Å². The monoisotopic (exact) mass is 230 g/mol. The summed E-state index contributed by atoms with van der Waals surface area (Å²) in [6.07, 6.45) is 0. The fourth-order valence-electron chi connectivity index (χ4n) is 1.59. The quantitative estimate of drug-likeness (QED) is 0.873. The second-order valence-corrected chi connectivity index (χ2v) is 4.09. The molecular formula is C14H15FN2. The predicted molar refractivity (Wildman–Crippen MR) is 67.4 cm³/mol. The van der Waals surface area contributed by atoms with Gasteiger partial charge in [0.1, 0.15) is 5.82 Å². The van der Waals surface area contributed by atoms with Crippen LogP contribution < -0.4 is 5.32 Å². The van der Waals surface area contributed by atoms with E-state index in [0.717, 1.165) is 17.1 Å². The lowest BCUT2D eigenvalue weighted by atomic mass is 10.2. The van der Waals surface area contributed by atoms with Crippen molar-refractivity contribution in [3.05, 3.63) is 59.2 Å². The maximum Gasteiger partial charge on any atom is 0.128 e. The third kappa shape index (κ3) is 3.03. The second kappa shape index (κ2) is 4.95. The van der Waals surface area contributed by atoms with E-state index in [2.05, 4.69) is 10.3 Å². The van der Waals surface area contributed by atoms with Crippen LogP contribution in [0.5, 0.6) is 0 Å². The molecule has 1 heterocycles. The van der Waals surface area contributed by atoms with Crippen LogP contribution in [0.15, 0.2) is 36.4 Å². The van der Waals surface area contributed by atoms with E-state index in [4.69, 9.17) is 0 Å². The van der Waals surface area contributed by atoms with Crippen LogP contribution in [0, 0.1) is 19.7 Å². The average Bonchev–Trinajstić information content (AvgIpc) is 2.31. The highest BCUT2D eigenvalue weighted by Gasteiger charge is 2.00. The molecular weight excluding hydrogens is 215 g/mol. The van der Waals surface area contributed by atoms with Crippen molar-refractivity contribution in [1.82, 2.24) is 4.98 Å². The number of aryl methyl sites for hydroxylation is 2. The number of rotatable bonds is 3. The van der Waals surface area contributed by atoms with E-state index in [-0.39, 0.29) is 5.82 Å². The zero-order valence-electron chi connectivity index (χ0n) is 10.00. The highest BCUT2D eigenvalue weighted by molar-refractivity contribution is 5.45. The van der Waals surface area contributed by atoms with Crippen molar-refractivity contribution >= 4 is 5.69 Å². The van der Waals surface area contributed by atoms with E-state index in [0.29, 0.717) is 12.1 Å². The number of benzene rings is 1. The van der Waals surface area contributed by atoms with Gasteiger partial charge in [0, 0.05) is 11.4 Å². The number of hydrogen-bond donors (Lipinski definition) is 1. The summed E-state index contributed by atoms with van der Waals surface area (Å²) in [5.74, 6) is -0.188. The van der Waals surface area contributed by atoms with Gasteiger partial charge in [-0.3, -0.25) is 4.98 Å². The number of anilines is 1. The van der Waals surface area contributed by atoms with Crippen molar-refractivity contribution in [2.24, 2.45) is 0 Å². The number of nitrogens with zero attached hydrogens (tertiary/aromatic N) is 1. The maximum atomic E-state index is 13.3. The summed E-state index contributed by atoms with van der Waals surface area (Å²) in [7, 11) is 0. The fraction of sp³-hybridized carbons (Fsp3) is 0.214. The minimum Gasteiger partial charge on any atom is -0.379 e. The van der Waals surface area contributed by atoms with Gasteiger partial charge in [0.25, 0.3) is 0 Å². The first kappa shape index (κ1) is 11.6. The molecule has 1 aromatic carbocycles. The van der Waals surface area contributed by atoms with Crippen LogP contribution >= 0.6 is 0 Å². The first-order valence-corrected chi connectivity index (χ1v) is 5.58. The van der Waals surface area contributed by atoms with E-state index < -0.39 is 0 Å². The molecule has 3 heteroatoms. The van der Waals surface area contributed by atoms with Gasteiger partial charge in [-0.05, 0) is 43.7 Å². The molecule has 0 saturated carbocycles. The zero-order chi connectivity index (χ0) is 12.3. The highest BCUT2D eigenvalue weighted by Crippen LogP contribution is 2.14. The molecule has 88 valence electrons. The lowest BCUT2D eigenvalue weighted by Crippen LogP contribution is -2.02. The van der Waals surface area contributed by atoms with Crippen molar-refractivity contribution in [2.45, 2.75) is 20.4 Å². The van der Waals surface area contributed by atoms with Gasteiger partial charge in [0.15, 0.2) is 0 Å². The van der Waals surface area contributed by atoms with E-state index in [9.17, 15) is 4.39 Å². The molecule has 0 aliphatic rings. The van der Waals surface area contributed by atoms with Gasteiger partial charge in [-0.1, -0.05) is 12.1 Å². The molecule has 1 N–H and O–H groups in total. The Balaban J connectivity index is 2.05. The molecule has 0 spiro atoms. The molecule has 0 aliphatic heterocycles. The standard InChI is InChI=1S/C14H15FN2/c1-10-6-7-12(8-14(10)15)16-9-13-5-3-4-11(2)17-13/h3-8,16H,9H2,1-2H3. The average molecular weight is 230 g/mol. The van der Waals surface area contributed by atoms with Crippen molar-refractivity contribution < 1.29 is 4.39 Å². The zero-order valence-corrected chi connectivity index (χ0v) is 10.00. The van der Waals surface area contributed by atoms with Crippen LogP contribution in [0.2, 0.25) is 0 Å². The molecule has 0 amide bonds. The van der Waals surface area contributed by atoms with Crippen LogP contribution in [-0.4, -0.2) is 4.98 Å². The Morgan fingerprint density at radius 1 is 1.18 bits per heavy atom. The van der Waals surface area contributed by atoms with Crippen molar-refractivity contribution in [3.63, 3.8) is 0 Å². The summed E-state index contributed by atoms with van der Waals surface area (Å²) in [6, 6.07) is 11.0. The minimum atomic E-state index is -0.188. The number of halogens is 1. The van der Waals surface area contributed by atoms with E-state index in [1.807, 2.05) is 31.2 Å². The Morgan fingerprint density at radius 3 is 2.71 bits per heavy atom. The van der Waals surface area contributed by atoms with Crippen LogP contribution in [-0.2, 0) is 6.54 Å². The van der Waals surface area contributed by atoms with Gasteiger partial charge < -0.3 is 5.32 Å². The number of nitrogens with one attached hydrogen (secondary N) is 1. The van der Waals surface area contributed by atoms with Crippen molar-refractivity contribution in [3.8, 4) is 0 Å². The lowest BCUT2D eigenvalue weighted by Gasteiger charge is -2.07. The van der Waals surface area contributed by atoms with Crippen molar-refractivity contribution in [1.29, 1.82) is 0 Å². The molecule has 0 bridgehead atoms. The third-order valence-corrected chi connectivity index (χ3v) is 2.59. The van der Waals surface area contributed by atoms with Gasteiger partial charge in [0.2, 0.25) is 0 Å². The Hall–Kier alpha value is -1.90. The summed E-state index contributed by atoms with van der Waals surface area (Å²) in [6.45, 7) is 4.31. The van der Waals surface area contributed by atoms with Gasteiger partial charge in [-0.2, -0.15) is 0 Å². The molecule has 2 rings (SSSR count). The molecule has 0 atom stereocenters. The minimum absolute atomic E-state index is 0.188. The molecule has 1 aromatic heterocycles. The summed E-state index contributed by atoms with van der Waals surface area (Å²) >= 11 is 0. The fourth-order valence-corrected chi connectivity index (χ4v) is 1.59. The van der Waals surface area contributed by atoms with Gasteiger partial charge in [-0.15, -0.1) is 0 Å². The maximum absolute atomic E-state index is 13.3. The largest absolute Gasteiger partial charge is 0.379 e. The van der Waals surface area contributed by atoms with E-state index >= 15 is 0 Å². The van der Waals surface area contributed by atoms with Crippen LogP contribution in [0.3, 0.4) is 0 Å². The van der Waals surface area contributed by atoms with Crippen LogP contribution in [0.4, 0.5) is 10.1 Å². The first-order chi connectivity index (χ1) is 8.15. The Bertz CT molecular complexity index is 523. The van der Waals surface area contributed by atoms with E-state index in [1.54, 1.807) is 13.0 Å². The normalized spacial score (nSPS) is 10.3. The van der Waals surface area contributed by atoms with Gasteiger partial charge in [-0.25, -0.2) is 4.39 Å². The highest BCUT2D eigenvalue weighted by atomic mass is 19.1. The molecule has 0 fully saturated rings. The number of pyridine rings is 1. The third-order valence-electron chi connectivity index (χ3n) is 2.59. The SMILES string of the molecule is Cc1cccc(CNc2ccc(C)c(F)c2)n1. The first-order valence-electron chi connectivity index (χ1n) is 5.58. The van der Waals surface area contributed by atoms with Gasteiger partial charge >= 0.3 is 0 Å². The van der Waals surface area contributed by atoms with E-state index in [1.165, 1.54) is 6.07 Å².